The fraction of sp³-hybridized carbons (Fsp3) is 0.125. The number of hydrogen-bond acceptors (Lipinski definition) is 7. The third kappa shape index (κ3) is 2.45. The van der Waals surface area contributed by atoms with Crippen LogP contribution in [-0.2, 0) is 6.54 Å². The van der Waals surface area contributed by atoms with E-state index in [1.165, 1.54) is 17.5 Å². The smallest absolute Gasteiger partial charge is 0.348 e. The molecule has 0 amide bonds. The van der Waals surface area contributed by atoms with Crippen molar-refractivity contribution in [2.45, 2.75) is 6.54 Å². The summed E-state index contributed by atoms with van der Waals surface area (Å²) in [7, 11) is 0. The van der Waals surface area contributed by atoms with Crippen molar-refractivity contribution >= 4 is 22.2 Å². The normalized spacial score (nSPS) is 10.4. The van der Waals surface area contributed by atoms with Crippen LogP contribution < -0.4 is 11.4 Å². The maximum atomic E-state index is 11.4. The predicted molar refractivity (Wildman–Crippen MR) is 60.8 cm³/mol. The minimum atomic E-state index is -0.607. The number of nitrogens with zero attached hydrogens (tertiary/aromatic N) is 4. The monoisotopic (exact) mass is 253 g/mol. The zero-order chi connectivity index (χ0) is 12.4. The zero-order valence-electron chi connectivity index (χ0n) is 8.44. The number of hydrogen-bond donors (Lipinski definition) is 1. The first kappa shape index (κ1) is 11.2. The molecule has 0 saturated heterocycles. The highest BCUT2D eigenvalue weighted by molar-refractivity contribution is 7.15. The van der Waals surface area contributed by atoms with Crippen LogP contribution in [0.3, 0.4) is 0 Å². The van der Waals surface area contributed by atoms with Gasteiger partial charge in [-0.05, 0) is 0 Å². The van der Waals surface area contributed by atoms with Gasteiger partial charge >= 0.3 is 11.4 Å². The summed E-state index contributed by atoms with van der Waals surface area (Å²) in [6.45, 7) is 0.169. The van der Waals surface area contributed by atoms with Crippen LogP contribution in [0.15, 0.2) is 23.4 Å². The fourth-order valence-electron chi connectivity index (χ4n) is 1.21. The van der Waals surface area contributed by atoms with Crippen LogP contribution in [0, 0.1) is 10.1 Å². The van der Waals surface area contributed by atoms with Crippen LogP contribution in [0.5, 0.6) is 0 Å². The summed E-state index contributed by atoms with van der Waals surface area (Å²) in [5.41, 5.74) is 4.66. The predicted octanol–water partition coefficient (Wildman–Crippen LogP) is 0.239. The molecule has 0 saturated carbocycles. The summed E-state index contributed by atoms with van der Waals surface area (Å²) in [6.07, 6.45) is 3.59. The molecule has 2 heterocycles. The number of rotatable bonds is 3. The van der Waals surface area contributed by atoms with Gasteiger partial charge in [-0.1, -0.05) is 0 Å². The molecule has 2 aromatic heterocycles. The quantitative estimate of drug-likeness (QED) is 0.618. The lowest BCUT2D eigenvalue weighted by atomic mass is 10.5. The summed E-state index contributed by atoms with van der Waals surface area (Å²) in [4.78, 5) is 29.3. The first-order valence-electron chi connectivity index (χ1n) is 4.47. The van der Waals surface area contributed by atoms with Gasteiger partial charge in [0.25, 0.3) is 0 Å². The second-order valence-electron chi connectivity index (χ2n) is 3.14. The second kappa shape index (κ2) is 4.29. The number of anilines is 1. The van der Waals surface area contributed by atoms with Crippen LogP contribution in [0.4, 0.5) is 10.8 Å². The molecule has 17 heavy (non-hydrogen) atoms. The van der Waals surface area contributed by atoms with E-state index in [1.807, 2.05) is 0 Å². The lowest BCUT2D eigenvalue weighted by molar-refractivity contribution is -0.385. The standard InChI is InChI=1S/C8H7N5O3S/c9-7-10-2-6(17-7)4-12-3-5(13(15)16)1-11-8(12)14/h1-3H,4H2,(H2,9,10). The summed E-state index contributed by atoms with van der Waals surface area (Å²) in [5, 5.41) is 10.9. The Kier molecular flexibility index (Phi) is 2.83. The molecule has 0 fully saturated rings. The van der Waals surface area contributed by atoms with Gasteiger partial charge in [0.05, 0.1) is 17.7 Å². The number of nitrogens with two attached hydrogens (primary N) is 1. The molecule has 2 N–H and O–H groups in total. The zero-order valence-corrected chi connectivity index (χ0v) is 9.25. The SMILES string of the molecule is Nc1ncc(Cn2cc([N+](=O)[O-])cnc2=O)s1. The Hall–Kier alpha value is -2.29. The Balaban J connectivity index is 2.35. The van der Waals surface area contributed by atoms with Gasteiger partial charge < -0.3 is 5.73 Å². The molecular weight excluding hydrogens is 246 g/mol. The van der Waals surface area contributed by atoms with E-state index in [2.05, 4.69) is 9.97 Å². The van der Waals surface area contributed by atoms with Gasteiger partial charge in [-0.3, -0.25) is 14.7 Å². The highest BCUT2D eigenvalue weighted by Crippen LogP contribution is 2.15. The highest BCUT2D eigenvalue weighted by atomic mass is 32.1. The van der Waals surface area contributed by atoms with Gasteiger partial charge in [-0.25, -0.2) is 9.78 Å². The van der Waals surface area contributed by atoms with E-state index in [1.54, 1.807) is 0 Å². The Morgan fingerprint density at radius 1 is 1.47 bits per heavy atom. The molecule has 2 rings (SSSR count). The lowest BCUT2D eigenvalue weighted by Gasteiger charge is -2.01. The molecule has 0 aromatic carbocycles. The van der Waals surface area contributed by atoms with Gasteiger partial charge in [-0.2, -0.15) is 4.98 Å². The van der Waals surface area contributed by atoms with Crippen LogP contribution in [0.25, 0.3) is 0 Å². The van der Waals surface area contributed by atoms with Crippen LogP contribution in [0.1, 0.15) is 4.88 Å². The van der Waals surface area contributed by atoms with Gasteiger partial charge in [-0.15, -0.1) is 11.3 Å². The number of nitro groups is 1. The Labute approximate surface area is 98.5 Å². The summed E-state index contributed by atoms with van der Waals surface area (Å²) >= 11 is 1.21. The first-order valence-corrected chi connectivity index (χ1v) is 5.29. The summed E-state index contributed by atoms with van der Waals surface area (Å²) in [5.74, 6) is 0. The van der Waals surface area contributed by atoms with Crippen molar-refractivity contribution in [2.75, 3.05) is 5.73 Å². The average molecular weight is 253 g/mol. The molecule has 0 aliphatic heterocycles. The molecule has 88 valence electrons. The Morgan fingerprint density at radius 3 is 2.82 bits per heavy atom. The maximum absolute atomic E-state index is 11.4. The molecule has 0 spiro atoms. The van der Waals surface area contributed by atoms with Gasteiger partial charge in [0.15, 0.2) is 5.13 Å². The Bertz CT molecular complexity index is 620. The number of nitrogen functional groups attached to an aromatic ring is 1. The van der Waals surface area contributed by atoms with E-state index < -0.39 is 10.6 Å². The largest absolute Gasteiger partial charge is 0.375 e. The van der Waals surface area contributed by atoms with Gasteiger partial charge in [0.1, 0.15) is 6.20 Å². The van der Waals surface area contributed by atoms with E-state index in [4.69, 9.17) is 5.73 Å². The summed E-state index contributed by atoms with van der Waals surface area (Å²) in [6, 6.07) is 0. The van der Waals surface area contributed by atoms with Crippen molar-refractivity contribution in [1.29, 1.82) is 0 Å². The van der Waals surface area contributed by atoms with Crippen molar-refractivity contribution in [3.63, 3.8) is 0 Å². The third-order valence-electron chi connectivity index (χ3n) is 1.95. The molecular formula is C8H7N5O3S. The molecule has 0 atom stereocenters. The Morgan fingerprint density at radius 2 is 2.24 bits per heavy atom. The minimum absolute atomic E-state index is 0.169. The molecule has 0 unspecified atom stereocenters. The molecule has 0 bridgehead atoms. The van der Waals surface area contributed by atoms with Gasteiger partial charge in [0, 0.05) is 11.1 Å². The van der Waals surface area contributed by atoms with Crippen molar-refractivity contribution < 1.29 is 4.92 Å². The topological polar surface area (TPSA) is 117 Å². The molecule has 2 aromatic rings. The van der Waals surface area contributed by atoms with E-state index in [0.29, 0.717) is 5.13 Å². The second-order valence-corrected chi connectivity index (χ2v) is 4.29. The molecule has 0 radical (unpaired) electrons. The van der Waals surface area contributed by atoms with Crippen molar-refractivity contribution in [1.82, 2.24) is 14.5 Å². The highest BCUT2D eigenvalue weighted by Gasteiger charge is 2.10. The van der Waals surface area contributed by atoms with Crippen LogP contribution >= 0.6 is 11.3 Å². The van der Waals surface area contributed by atoms with E-state index in [-0.39, 0.29) is 12.2 Å². The first-order chi connectivity index (χ1) is 8.06. The third-order valence-corrected chi connectivity index (χ3v) is 2.76. The molecule has 0 aliphatic carbocycles. The van der Waals surface area contributed by atoms with Crippen molar-refractivity contribution in [3.05, 3.63) is 44.1 Å². The maximum Gasteiger partial charge on any atom is 0.348 e. The molecule has 8 nitrogen and oxygen atoms in total. The minimum Gasteiger partial charge on any atom is -0.375 e. The lowest BCUT2D eigenvalue weighted by Crippen LogP contribution is -2.22. The fourth-order valence-corrected chi connectivity index (χ4v) is 1.90. The van der Waals surface area contributed by atoms with E-state index in [0.717, 1.165) is 21.8 Å². The van der Waals surface area contributed by atoms with E-state index >= 15 is 0 Å². The molecule has 9 heteroatoms. The van der Waals surface area contributed by atoms with Crippen LogP contribution in [0.2, 0.25) is 0 Å². The van der Waals surface area contributed by atoms with Crippen molar-refractivity contribution in [2.24, 2.45) is 0 Å². The van der Waals surface area contributed by atoms with Gasteiger partial charge in [0.2, 0.25) is 0 Å². The number of thiazole rings is 1. The average Bonchev–Trinajstić information content (AvgIpc) is 2.67. The van der Waals surface area contributed by atoms with Crippen LogP contribution in [-0.4, -0.2) is 19.5 Å². The van der Waals surface area contributed by atoms with Crippen molar-refractivity contribution in [3.8, 4) is 0 Å². The van der Waals surface area contributed by atoms with E-state index in [9.17, 15) is 14.9 Å². The summed E-state index contributed by atoms with van der Waals surface area (Å²) < 4.78 is 1.14. The molecule has 0 aliphatic rings. The number of aromatic nitrogens is 3.